The van der Waals surface area contributed by atoms with Crippen LogP contribution in [0.2, 0.25) is 0 Å². The lowest BCUT2D eigenvalue weighted by Crippen LogP contribution is -2.24. The summed E-state index contributed by atoms with van der Waals surface area (Å²) in [5.74, 6) is 5.23. The third-order valence-corrected chi connectivity index (χ3v) is 8.08. The van der Waals surface area contributed by atoms with Crippen LogP contribution in [0.3, 0.4) is 0 Å². The minimum Gasteiger partial charge on any atom is -0.0848 e. The molecular formula is C28H40. The molecule has 0 radical (unpaired) electrons. The summed E-state index contributed by atoms with van der Waals surface area (Å²) in [4.78, 5) is 0. The Morgan fingerprint density at radius 3 is 1.93 bits per heavy atom. The van der Waals surface area contributed by atoms with Crippen molar-refractivity contribution in [2.24, 2.45) is 29.6 Å². The Bertz CT molecular complexity index is 648. The van der Waals surface area contributed by atoms with Crippen molar-refractivity contribution in [2.45, 2.75) is 84.0 Å². The van der Waals surface area contributed by atoms with Crippen LogP contribution in [0.1, 0.15) is 88.2 Å². The number of aryl methyl sites for hydroxylation is 1. The van der Waals surface area contributed by atoms with E-state index in [4.69, 9.17) is 0 Å². The van der Waals surface area contributed by atoms with E-state index in [9.17, 15) is 0 Å². The molecule has 152 valence electrons. The van der Waals surface area contributed by atoms with Gasteiger partial charge in [0.05, 0.1) is 0 Å². The van der Waals surface area contributed by atoms with E-state index < -0.39 is 0 Å². The monoisotopic (exact) mass is 376 g/mol. The maximum absolute atomic E-state index is 2.58. The summed E-state index contributed by atoms with van der Waals surface area (Å²) >= 11 is 0. The van der Waals surface area contributed by atoms with Gasteiger partial charge in [0.2, 0.25) is 0 Å². The van der Waals surface area contributed by atoms with Crippen LogP contribution in [-0.2, 0) is 0 Å². The second-order valence-electron chi connectivity index (χ2n) is 10.2. The smallest absolute Gasteiger partial charge is 0.00185 e. The average molecular weight is 377 g/mol. The number of benzene rings is 1. The van der Waals surface area contributed by atoms with E-state index in [0.29, 0.717) is 11.8 Å². The Hall–Kier alpha value is -1.30. The Kier molecular flexibility index (Phi) is 6.76. The summed E-state index contributed by atoms with van der Waals surface area (Å²) in [6, 6.07) is 9.12. The summed E-state index contributed by atoms with van der Waals surface area (Å²) in [5, 5.41) is 0. The van der Waals surface area contributed by atoms with Crippen molar-refractivity contribution in [2.75, 3.05) is 0 Å². The first-order valence-corrected chi connectivity index (χ1v) is 12.1. The van der Waals surface area contributed by atoms with Crippen LogP contribution < -0.4 is 0 Å². The number of hydrogen-bond acceptors (Lipinski definition) is 0. The normalized spacial score (nSPS) is 36.6. The highest BCUT2D eigenvalue weighted by molar-refractivity contribution is 5.29. The molecule has 0 heterocycles. The second kappa shape index (κ2) is 9.47. The van der Waals surface area contributed by atoms with Crippen molar-refractivity contribution < 1.29 is 0 Å². The lowest BCUT2D eigenvalue weighted by atomic mass is 9.69. The lowest BCUT2D eigenvalue weighted by molar-refractivity contribution is 0.160. The Balaban J connectivity index is 1.22. The molecule has 28 heavy (non-hydrogen) atoms. The van der Waals surface area contributed by atoms with Crippen LogP contribution in [0.15, 0.2) is 48.6 Å². The van der Waals surface area contributed by atoms with E-state index in [1.807, 2.05) is 0 Å². The molecule has 0 N–H and O–H groups in total. The second-order valence-corrected chi connectivity index (χ2v) is 10.2. The molecule has 0 aliphatic heterocycles. The first-order valence-electron chi connectivity index (χ1n) is 12.1. The van der Waals surface area contributed by atoms with Crippen molar-refractivity contribution in [1.29, 1.82) is 0 Å². The summed E-state index contributed by atoms with van der Waals surface area (Å²) < 4.78 is 0. The average Bonchev–Trinajstić information content (AvgIpc) is 2.74. The summed E-state index contributed by atoms with van der Waals surface area (Å²) in [6.45, 7) is 4.62. The van der Waals surface area contributed by atoms with Gasteiger partial charge in [0.25, 0.3) is 0 Å². The Morgan fingerprint density at radius 1 is 0.679 bits per heavy atom. The van der Waals surface area contributed by atoms with Crippen LogP contribution in [0, 0.1) is 36.5 Å². The first kappa shape index (κ1) is 20.0. The molecule has 2 fully saturated rings. The molecule has 0 spiro atoms. The molecule has 3 aliphatic rings. The summed E-state index contributed by atoms with van der Waals surface area (Å²) in [7, 11) is 0. The Morgan fingerprint density at radius 2 is 1.32 bits per heavy atom. The van der Waals surface area contributed by atoms with Gasteiger partial charge in [-0.3, -0.25) is 0 Å². The number of allylic oxidation sites excluding steroid dienone is 4. The van der Waals surface area contributed by atoms with Gasteiger partial charge in [0.1, 0.15) is 0 Å². The summed E-state index contributed by atoms with van der Waals surface area (Å²) in [6.07, 6.45) is 24.5. The molecule has 3 aliphatic carbocycles. The van der Waals surface area contributed by atoms with E-state index in [1.165, 1.54) is 75.3 Å². The lowest BCUT2D eigenvalue weighted by Gasteiger charge is -2.36. The minimum absolute atomic E-state index is 0.624. The molecule has 0 aromatic heterocycles. The quantitative estimate of drug-likeness (QED) is 0.464. The molecule has 0 nitrogen and oxygen atoms in total. The fourth-order valence-electron chi connectivity index (χ4n) is 5.96. The van der Waals surface area contributed by atoms with Crippen LogP contribution >= 0.6 is 0 Å². The standard InChI is InChI=1S/C28H40/c1-21-3-13-25(14-4-21)27-17-9-23(10-18-27)7-8-24-11-19-28(20-12-24)26-15-5-22(2)6-16-26/h3-4,7-9,13-14,17,22-24,26-28H,5-6,10-12,15-16,18-20H2,1-2H3/b8-7+. The zero-order chi connectivity index (χ0) is 19.3. The molecule has 0 amide bonds. The van der Waals surface area contributed by atoms with Crippen LogP contribution in [-0.4, -0.2) is 0 Å². The van der Waals surface area contributed by atoms with Gasteiger partial charge in [-0.2, -0.15) is 0 Å². The van der Waals surface area contributed by atoms with Crippen molar-refractivity contribution in [3.8, 4) is 0 Å². The van der Waals surface area contributed by atoms with E-state index in [0.717, 1.165) is 23.7 Å². The molecule has 2 saturated carbocycles. The fourth-order valence-corrected chi connectivity index (χ4v) is 5.96. The van der Waals surface area contributed by atoms with Crippen molar-refractivity contribution in [3.05, 3.63) is 59.7 Å². The predicted octanol–water partition coefficient (Wildman–Crippen LogP) is 8.23. The largest absolute Gasteiger partial charge is 0.0848 e. The summed E-state index contributed by atoms with van der Waals surface area (Å²) in [5.41, 5.74) is 2.84. The highest BCUT2D eigenvalue weighted by Crippen LogP contribution is 2.41. The number of rotatable bonds is 4. The molecule has 2 unspecified atom stereocenters. The van der Waals surface area contributed by atoms with Gasteiger partial charge in [-0.1, -0.05) is 73.9 Å². The van der Waals surface area contributed by atoms with Crippen molar-refractivity contribution in [1.82, 2.24) is 0 Å². The SMILES string of the molecule is Cc1ccc(C2C=CC(/C=C/C3CCC(C4CCC(C)CC4)CC3)CC2)cc1. The first-order chi connectivity index (χ1) is 13.7. The predicted molar refractivity (Wildman–Crippen MR) is 121 cm³/mol. The van der Waals surface area contributed by atoms with Crippen molar-refractivity contribution >= 4 is 0 Å². The van der Waals surface area contributed by atoms with E-state index >= 15 is 0 Å². The number of hydrogen-bond donors (Lipinski definition) is 0. The maximum Gasteiger partial charge on any atom is 0.00185 e. The van der Waals surface area contributed by atoms with E-state index in [2.05, 4.69) is 62.4 Å². The molecule has 0 heteroatoms. The third-order valence-electron chi connectivity index (χ3n) is 8.08. The van der Waals surface area contributed by atoms with Crippen molar-refractivity contribution in [3.63, 3.8) is 0 Å². The fraction of sp³-hybridized carbons (Fsp3) is 0.643. The highest BCUT2D eigenvalue weighted by atomic mass is 14.3. The molecule has 0 saturated heterocycles. The molecule has 1 aromatic carbocycles. The Labute approximate surface area is 173 Å². The van der Waals surface area contributed by atoms with Crippen LogP contribution in [0.25, 0.3) is 0 Å². The van der Waals surface area contributed by atoms with Gasteiger partial charge in [-0.15, -0.1) is 0 Å². The highest BCUT2D eigenvalue weighted by Gasteiger charge is 2.29. The molecule has 0 bridgehead atoms. The van der Waals surface area contributed by atoms with Gasteiger partial charge < -0.3 is 0 Å². The third kappa shape index (κ3) is 5.19. The molecule has 1 aromatic rings. The topological polar surface area (TPSA) is 0 Å². The van der Waals surface area contributed by atoms with Gasteiger partial charge in [-0.05, 0) is 93.4 Å². The maximum atomic E-state index is 2.58. The van der Waals surface area contributed by atoms with Gasteiger partial charge in [-0.25, -0.2) is 0 Å². The van der Waals surface area contributed by atoms with Gasteiger partial charge >= 0.3 is 0 Å². The van der Waals surface area contributed by atoms with E-state index in [1.54, 1.807) is 0 Å². The zero-order valence-electron chi connectivity index (χ0n) is 18.2. The van der Waals surface area contributed by atoms with Gasteiger partial charge in [0.15, 0.2) is 0 Å². The van der Waals surface area contributed by atoms with Crippen LogP contribution in [0.4, 0.5) is 0 Å². The minimum atomic E-state index is 0.624. The molecular weight excluding hydrogens is 336 g/mol. The molecule has 4 rings (SSSR count). The van der Waals surface area contributed by atoms with Crippen LogP contribution in [0.5, 0.6) is 0 Å². The van der Waals surface area contributed by atoms with E-state index in [-0.39, 0.29) is 0 Å². The molecule has 2 atom stereocenters. The van der Waals surface area contributed by atoms with Gasteiger partial charge in [0, 0.05) is 5.92 Å². The zero-order valence-corrected chi connectivity index (χ0v) is 18.2.